The highest BCUT2D eigenvalue weighted by atomic mass is 16.7. The topological polar surface area (TPSA) is 63.2 Å². The summed E-state index contributed by atoms with van der Waals surface area (Å²) in [6, 6.07) is 1.56. The molecule has 0 amide bonds. The van der Waals surface area contributed by atoms with E-state index >= 15 is 0 Å². The van der Waals surface area contributed by atoms with Crippen LogP contribution in [0.15, 0.2) is 6.07 Å². The molecule has 0 fully saturated rings. The van der Waals surface area contributed by atoms with Gasteiger partial charge in [0.1, 0.15) is 11.4 Å². The molecule has 0 aliphatic carbocycles. The van der Waals surface area contributed by atoms with Crippen LogP contribution in [-0.2, 0) is 4.74 Å². The van der Waals surface area contributed by atoms with E-state index in [-0.39, 0.29) is 5.75 Å². The molecule has 1 aromatic carbocycles. The summed E-state index contributed by atoms with van der Waals surface area (Å²) in [5.41, 5.74) is 0.0943. The fourth-order valence-electron chi connectivity index (χ4n) is 1.77. The van der Waals surface area contributed by atoms with E-state index in [9.17, 15) is 4.79 Å². The van der Waals surface area contributed by atoms with Gasteiger partial charge in [-0.1, -0.05) is 0 Å². The predicted octanol–water partition coefficient (Wildman–Crippen LogP) is 3.33. The number of ether oxygens (including phenoxy) is 5. The van der Waals surface area contributed by atoms with Gasteiger partial charge >= 0.3 is 6.16 Å². The van der Waals surface area contributed by atoms with Crippen LogP contribution in [0.5, 0.6) is 23.0 Å². The van der Waals surface area contributed by atoms with Gasteiger partial charge in [0.05, 0.1) is 21.3 Å². The van der Waals surface area contributed by atoms with Crippen molar-refractivity contribution in [2.45, 2.75) is 33.3 Å². The van der Waals surface area contributed by atoms with E-state index in [1.807, 2.05) is 6.92 Å². The van der Waals surface area contributed by atoms with Gasteiger partial charge in [-0.2, -0.15) is 0 Å². The summed E-state index contributed by atoms with van der Waals surface area (Å²) in [5.74, 6) is 1.44. The van der Waals surface area contributed by atoms with Crippen molar-refractivity contribution in [3.63, 3.8) is 0 Å². The fourth-order valence-corrected chi connectivity index (χ4v) is 1.77. The zero-order valence-corrected chi connectivity index (χ0v) is 13.5. The fraction of sp³-hybridized carbons (Fsp3) is 0.533. The third-order valence-electron chi connectivity index (χ3n) is 2.61. The molecular weight excluding hydrogens is 276 g/mol. The van der Waals surface area contributed by atoms with Crippen molar-refractivity contribution in [3.05, 3.63) is 11.6 Å². The molecule has 0 saturated heterocycles. The van der Waals surface area contributed by atoms with Crippen LogP contribution in [0, 0.1) is 6.92 Å². The van der Waals surface area contributed by atoms with Crippen LogP contribution >= 0.6 is 0 Å². The highest BCUT2D eigenvalue weighted by molar-refractivity contribution is 5.69. The Bertz CT molecular complexity index is 516. The van der Waals surface area contributed by atoms with Gasteiger partial charge in [0, 0.05) is 11.6 Å². The number of benzene rings is 1. The molecule has 0 saturated carbocycles. The average Bonchev–Trinajstić information content (AvgIpc) is 2.37. The first-order chi connectivity index (χ1) is 9.73. The van der Waals surface area contributed by atoms with Gasteiger partial charge in [0.2, 0.25) is 5.75 Å². The average molecular weight is 298 g/mol. The monoisotopic (exact) mass is 298 g/mol. The lowest BCUT2D eigenvalue weighted by atomic mass is 10.1. The number of hydrogen-bond acceptors (Lipinski definition) is 6. The second-order valence-corrected chi connectivity index (χ2v) is 5.33. The van der Waals surface area contributed by atoms with E-state index in [2.05, 4.69) is 0 Å². The minimum Gasteiger partial charge on any atom is -0.496 e. The third-order valence-corrected chi connectivity index (χ3v) is 2.61. The van der Waals surface area contributed by atoms with Crippen molar-refractivity contribution >= 4 is 6.16 Å². The molecule has 0 bridgehead atoms. The first-order valence-corrected chi connectivity index (χ1v) is 6.44. The molecule has 118 valence electrons. The number of hydrogen-bond donors (Lipinski definition) is 0. The minimum absolute atomic E-state index is 0.172. The van der Waals surface area contributed by atoms with Gasteiger partial charge in [-0.15, -0.1) is 0 Å². The van der Waals surface area contributed by atoms with Crippen LogP contribution in [0.1, 0.15) is 26.3 Å². The SMILES string of the molecule is COc1cc(OC(=O)OC(C)(C)C)c(OC)c(OC)c1C. The van der Waals surface area contributed by atoms with Gasteiger partial charge in [0.15, 0.2) is 11.5 Å². The summed E-state index contributed by atoms with van der Waals surface area (Å²) in [7, 11) is 4.48. The highest BCUT2D eigenvalue weighted by Gasteiger charge is 2.24. The predicted molar refractivity (Wildman–Crippen MR) is 77.7 cm³/mol. The van der Waals surface area contributed by atoms with E-state index in [1.165, 1.54) is 21.3 Å². The number of methoxy groups -OCH3 is 3. The summed E-state index contributed by atoms with van der Waals surface area (Å²) in [6.07, 6.45) is -0.825. The molecule has 0 spiro atoms. The molecule has 0 N–H and O–H groups in total. The quantitative estimate of drug-likeness (QED) is 0.627. The van der Waals surface area contributed by atoms with Gasteiger partial charge in [-0.05, 0) is 27.7 Å². The molecule has 0 atom stereocenters. The molecular formula is C15H22O6. The van der Waals surface area contributed by atoms with Gasteiger partial charge in [-0.3, -0.25) is 0 Å². The highest BCUT2D eigenvalue weighted by Crippen LogP contribution is 2.44. The van der Waals surface area contributed by atoms with Gasteiger partial charge in [-0.25, -0.2) is 4.79 Å². The third kappa shape index (κ3) is 4.18. The minimum atomic E-state index is -0.825. The molecule has 0 aliphatic heterocycles. The standard InChI is InChI=1S/C15H22O6/c1-9-10(17-5)8-11(13(19-7)12(9)18-6)20-14(16)21-15(2,3)4/h8H,1-7H3. The largest absolute Gasteiger partial charge is 0.514 e. The second kappa shape index (κ2) is 6.56. The van der Waals surface area contributed by atoms with Crippen LogP contribution < -0.4 is 18.9 Å². The second-order valence-electron chi connectivity index (χ2n) is 5.33. The van der Waals surface area contributed by atoms with E-state index in [0.717, 1.165) is 5.56 Å². The van der Waals surface area contributed by atoms with Crippen molar-refractivity contribution < 1.29 is 28.5 Å². The maximum Gasteiger partial charge on any atom is 0.514 e. The van der Waals surface area contributed by atoms with E-state index in [0.29, 0.717) is 17.2 Å². The lowest BCUT2D eigenvalue weighted by Gasteiger charge is -2.20. The lowest BCUT2D eigenvalue weighted by Crippen LogP contribution is -2.26. The maximum atomic E-state index is 11.8. The molecule has 0 unspecified atom stereocenters. The van der Waals surface area contributed by atoms with E-state index in [4.69, 9.17) is 23.7 Å². The van der Waals surface area contributed by atoms with E-state index < -0.39 is 11.8 Å². The summed E-state index contributed by atoms with van der Waals surface area (Å²) >= 11 is 0. The van der Waals surface area contributed by atoms with Crippen LogP contribution in [0.4, 0.5) is 4.79 Å². The molecule has 6 nitrogen and oxygen atoms in total. The summed E-state index contributed by atoms with van der Waals surface area (Å²) in [5, 5.41) is 0. The summed E-state index contributed by atoms with van der Waals surface area (Å²) in [4.78, 5) is 11.8. The van der Waals surface area contributed by atoms with Crippen LogP contribution in [0.2, 0.25) is 0 Å². The summed E-state index contributed by atoms with van der Waals surface area (Å²) < 4.78 is 26.1. The lowest BCUT2D eigenvalue weighted by molar-refractivity contribution is 0.0200. The van der Waals surface area contributed by atoms with Crippen LogP contribution in [0.25, 0.3) is 0 Å². The van der Waals surface area contributed by atoms with Crippen molar-refractivity contribution in [3.8, 4) is 23.0 Å². The number of carbonyl (C=O) groups is 1. The zero-order valence-electron chi connectivity index (χ0n) is 13.5. The Labute approximate surface area is 124 Å². The smallest absolute Gasteiger partial charge is 0.496 e. The molecule has 0 aliphatic rings. The Morgan fingerprint density at radius 1 is 0.952 bits per heavy atom. The van der Waals surface area contributed by atoms with Crippen LogP contribution in [0.3, 0.4) is 0 Å². The molecule has 1 aromatic rings. The number of carbonyl (C=O) groups excluding carboxylic acids is 1. The Morgan fingerprint density at radius 2 is 1.52 bits per heavy atom. The van der Waals surface area contributed by atoms with Crippen molar-refractivity contribution in [1.29, 1.82) is 0 Å². The molecule has 0 radical (unpaired) electrons. The Kier molecular flexibility index (Phi) is 5.29. The zero-order chi connectivity index (χ0) is 16.2. The normalized spacial score (nSPS) is 10.8. The summed E-state index contributed by atoms with van der Waals surface area (Å²) in [6.45, 7) is 7.07. The molecule has 0 heterocycles. The Hall–Kier alpha value is -2.11. The van der Waals surface area contributed by atoms with Gasteiger partial charge in [0.25, 0.3) is 0 Å². The van der Waals surface area contributed by atoms with Crippen LogP contribution in [-0.4, -0.2) is 33.1 Å². The van der Waals surface area contributed by atoms with Crippen molar-refractivity contribution in [2.24, 2.45) is 0 Å². The molecule has 1 rings (SSSR count). The first-order valence-electron chi connectivity index (χ1n) is 6.44. The maximum absolute atomic E-state index is 11.8. The molecule has 6 heteroatoms. The van der Waals surface area contributed by atoms with Crippen molar-refractivity contribution in [2.75, 3.05) is 21.3 Å². The molecule has 0 aromatic heterocycles. The number of rotatable bonds is 4. The van der Waals surface area contributed by atoms with Crippen molar-refractivity contribution in [1.82, 2.24) is 0 Å². The molecule has 21 heavy (non-hydrogen) atoms. The first kappa shape index (κ1) is 16.9. The Morgan fingerprint density at radius 3 is 1.95 bits per heavy atom. The van der Waals surface area contributed by atoms with E-state index in [1.54, 1.807) is 26.8 Å². The Balaban J connectivity index is 3.19. The van der Waals surface area contributed by atoms with Gasteiger partial charge < -0.3 is 23.7 Å².